The first-order valence-electron chi connectivity index (χ1n) is 11.4. The van der Waals surface area contributed by atoms with Crippen molar-refractivity contribution in [2.45, 2.75) is 32.5 Å². The lowest BCUT2D eigenvalue weighted by atomic mass is 9.99. The maximum Gasteiger partial charge on any atom is 0.131 e. The molecule has 0 N–H and O–H groups in total. The van der Waals surface area contributed by atoms with E-state index in [4.69, 9.17) is 18.9 Å². The monoisotopic (exact) mass is 483 g/mol. The predicted octanol–water partition coefficient (Wildman–Crippen LogP) is 6.81. The van der Waals surface area contributed by atoms with Gasteiger partial charge in [-0.05, 0) is 67.3 Å². The van der Waals surface area contributed by atoms with Crippen molar-refractivity contribution >= 4 is 8.58 Å². The minimum absolute atomic E-state index is 0.0105. The molecule has 1 unspecified atom stereocenters. The van der Waals surface area contributed by atoms with E-state index in [9.17, 15) is 4.39 Å². The summed E-state index contributed by atoms with van der Waals surface area (Å²) in [6, 6.07) is 20.8. The molecule has 0 aliphatic carbocycles. The molecule has 34 heavy (non-hydrogen) atoms. The van der Waals surface area contributed by atoms with Crippen LogP contribution in [-0.4, -0.2) is 45.5 Å². The SMILES string of the molecule is COCC(C)Oc1ccc(-c2ccc(Cc3ccc(O[C@@H](C)COC[P-]C)cc3)cc2F)cc1. The summed E-state index contributed by atoms with van der Waals surface area (Å²) in [6.45, 7) is 7.08. The molecule has 3 aromatic carbocycles. The highest BCUT2D eigenvalue weighted by Crippen LogP contribution is 2.27. The molecular weight excluding hydrogens is 450 g/mol. The third-order valence-electron chi connectivity index (χ3n) is 5.18. The van der Waals surface area contributed by atoms with Crippen LogP contribution in [0.4, 0.5) is 4.39 Å². The summed E-state index contributed by atoms with van der Waals surface area (Å²) in [4.78, 5) is 0. The summed E-state index contributed by atoms with van der Waals surface area (Å²) >= 11 is 0. The molecule has 182 valence electrons. The minimum atomic E-state index is -0.237. The first kappa shape index (κ1) is 26.2. The largest absolute Gasteiger partial charge is 0.515 e. The van der Waals surface area contributed by atoms with Gasteiger partial charge in [-0.25, -0.2) is 4.39 Å². The van der Waals surface area contributed by atoms with Gasteiger partial charge in [0.05, 0.1) is 13.2 Å². The summed E-state index contributed by atoms with van der Waals surface area (Å²) in [5.41, 5.74) is 3.40. The first-order valence-corrected chi connectivity index (χ1v) is 12.9. The van der Waals surface area contributed by atoms with Gasteiger partial charge in [0.15, 0.2) is 0 Å². The Morgan fingerprint density at radius 1 is 0.794 bits per heavy atom. The molecule has 0 saturated carbocycles. The number of methoxy groups -OCH3 is 1. The fourth-order valence-electron chi connectivity index (χ4n) is 3.61. The van der Waals surface area contributed by atoms with Crippen molar-refractivity contribution in [3.05, 3.63) is 83.7 Å². The maximum absolute atomic E-state index is 14.9. The van der Waals surface area contributed by atoms with E-state index in [2.05, 4.69) is 6.66 Å². The second-order valence-electron chi connectivity index (χ2n) is 8.29. The lowest BCUT2D eigenvalue weighted by Gasteiger charge is -2.17. The summed E-state index contributed by atoms with van der Waals surface area (Å²) in [6.07, 6.45) is 1.31. The number of hydrogen-bond acceptors (Lipinski definition) is 4. The summed E-state index contributed by atoms with van der Waals surface area (Å²) in [5.74, 6) is 1.30. The Morgan fingerprint density at radius 3 is 1.97 bits per heavy atom. The van der Waals surface area contributed by atoms with Crippen molar-refractivity contribution < 1.29 is 23.3 Å². The fraction of sp³-hybridized carbons (Fsp3) is 0.357. The van der Waals surface area contributed by atoms with Gasteiger partial charge in [0.1, 0.15) is 29.5 Å². The van der Waals surface area contributed by atoms with Gasteiger partial charge in [-0.1, -0.05) is 42.7 Å². The van der Waals surface area contributed by atoms with E-state index in [1.165, 1.54) is 8.58 Å². The molecule has 0 aliphatic rings. The van der Waals surface area contributed by atoms with Crippen LogP contribution in [-0.2, 0) is 15.9 Å². The molecule has 0 aromatic heterocycles. The first-order chi connectivity index (χ1) is 16.5. The Kier molecular flexibility index (Phi) is 10.3. The molecule has 3 rings (SSSR count). The Balaban J connectivity index is 1.58. The number of ether oxygens (including phenoxy) is 4. The van der Waals surface area contributed by atoms with Crippen molar-refractivity contribution in [1.29, 1.82) is 0 Å². The lowest BCUT2D eigenvalue weighted by molar-refractivity contribution is 0.0834. The van der Waals surface area contributed by atoms with Gasteiger partial charge >= 0.3 is 0 Å². The molecule has 4 nitrogen and oxygen atoms in total. The third-order valence-corrected chi connectivity index (χ3v) is 5.62. The molecule has 0 spiro atoms. The van der Waals surface area contributed by atoms with Crippen LogP contribution in [0.5, 0.6) is 11.5 Å². The third kappa shape index (κ3) is 8.09. The normalized spacial score (nSPS) is 13.2. The van der Waals surface area contributed by atoms with Crippen molar-refractivity contribution in [1.82, 2.24) is 0 Å². The van der Waals surface area contributed by atoms with Gasteiger partial charge in [0.25, 0.3) is 0 Å². The second kappa shape index (κ2) is 13.4. The fourth-order valence-corrected chi connectivity index (χ4v) is 3.90. The van der Waals surface area contributed by atoms with Crippen molar-refractivity contribution in [2.24, 2.45) is 0 Å². The highest BCUT2D eigenvalue weighted by Gasteiger charge is 2.09. The van der Waals surface area contributed by atoms with Crippen molar-refractivity contribution in [3.8, 4) is 22.6 Å². The van der Waals surface area contributed by atoms with E-state index in [0.717, 1.165) is 34.5 Å². The van der Waals surface area contributed by atoms with Crippen LogP contribution in [0.3, 0.4) is 0 Å². The number of hydrogen-bond donors (Lipinski definition) is 0. The second-order valence-corrected chi connectivity index (χ2v) is 9.18. The van der Waals surface area contributed by atoms with Crippen LogP contribution >= 0.6 is 8.58 Å². The summed E-state index contributed by atoms with van der Waals surface area (Å²) < 4.78 is 37.2. The molecule has 0 heterocycles. The Bertz CT molecular complexity index is 1010. The van der Waals surface area contributed by atoms with E-state index >= 15 is 0 Å². The van der Waals surface area contributed by atoms with Gasteiger partial charge in [-0.3, -0.25) is 0 Å². The Hall–Kier alpha value is -2.46. The van der Waals surface area contributed by atoms with Gasteiger partial charge in [-0.2, -0.15) is 6.66 Å². The van der Waals surface area contributed by atoms with Crippen molar-refractivity contribution in [3.63, 3.8) is 0 Å². The Morgan fingerprint density at radius 2 is 1.38 bits per heavy atom. The molecular formula is C28H33FO4P-. The molecule has 0 amide bonds. The number of rotatable bonds is 13. The molecule has 0 saturated heterocycles. The van der Waals surface area contributed by atoms with Crippen LogP contribution in [0.1, 0.15) is 25.0 Å². The van der Waals surface area contributed by atoms with E-state index in [1.54, 1.807) is 13.2 Å². The quantitative estimate of drug-likeness (QED) is 0.198. The zero-order chi connectivity index (χ0) is 24.3. The number of benzene rings is 3. The van der Waals surface area contributed by atoms with E-state index in [-0.39, 0.29) is 18.0 Å². The molecule has 0 bridgehead atoms. The highest BCUT2D eigenvalue weighted by atomic mass is 31.1. The molecule has 0 radical (unpaired) electrons. The van der Waals surface area contributed by atoms with E-state index < -0.39 is 0 Å². The van der Waals surface area contributed by atoms with Crippen LogP contribution in [0.25, 0.3) is 11.1 Å². The standard InChI is InChI=1S/C28H33FO4P/c1-20(17-30-3)32-26-12-8-24(9-13-26)27-14-7-23(16-28(27)29)15-22-5-10-25(11-6-22)33-21(2)18-31-19-34-4/h5-14,16,20-21H,15,17-19H2,1-4H3/q-1/t20?,21-/m0/s1. The topological polar surface area (TPSA) is 36.9 Å². The summed E-state index contributed by atoms with van der Waals surface area (Å²) in [5, 5.41) is 0. The van der Waals surface area contributed by atoms with Gasteiger partial charge in [-0.15, -0.1) is 0 Å². The van der Waals surface area contributed by atoms with E-state index in [0.29, 0.717) is 25.2 Å². The molecule has 0 aliphatic heterocycles. The van der Waals surface area contributed by atoms with Crippen LogP contribution in [0.2, 0.25) is 0 Å². The van der Waals surface area contributed by atoms with Crippen LogP contribution < -0.4 is 9.47 Å². The average molecular weight is 484 g/mol. The van der Waals surface area contributed by atoms with Gasteiger partial charge in [0, 0.05) is 12.7 Å². The zero-order valence-electron chi connectivity index (χ0n) is 20.3. The van der Waals surface area contributed by atoms with E-state index in [1.807, 2.05) is 74.5 Å². The van der Waals surface area contributed by atoms with Crippen molar-refractivity contribution in [2.75, 3.05) is 33.3 Å². The van der Waals surface area contributed by atoms with Crippen LogP contribution in [0.15, 0.2) is 66.7 Å². The minimum Gasteiger partial charge on any atom is -0.515 e. The average Bonchev–Trinajstić information content (AvgIpc) is 2.81. The van der Waals surface area contributed by atoms with Gasteiger partial charge in [0.2, 0.25) is 0 Å². The number of halogens is 1. The molecule has 0 fully saturated rings. The van der Waals surface area contributed by atoms with Gasteiger partial charge < -0.3 is 27.5 Å². The lowest BCUT2D eigenvalue weighted by Crippen LogP contribution is -2.18. The predicted molar refractivity (Wildman–Crippen MR) is 137 cm³/mol. The van der Waals surface area contributed by atoms with Crippen LogP contribution in [0, 0.1) is 5.82 Å². The Labute approximate surface area is 204 Å². The molecule has 3 aromatic rings. The zero-order valence-corrected chi connectivity index (χ0v) is 21.2. The molecule has 2 atom stereocenters. The summed E-state index contributed by atoms with van der Waals surface area (Å²) in [7, 11) is 2.86. The smallest absolute Gasteiger partial charge is 0.131 e. The maximum atomic E-state index is 14.9. The highest BCUT2D eigenvalue weighted by molar-refractivity contribution is 7.36. The molecule has 6 heteroatoms.